The van der Waals surface area contributed by atoms with E-state index in [1.807, 2.05) is 11.7 Å². The molecule has 0 spiro atoms. The van der Waals surface area contributed by atoms with Crippen LogP contribution in [0.4, 0.5) is 0 Å². The molecule has 0 amide bonds. The molecule has 4 heteroatoms. The van der Waals surface area contributed by atoms with Gasteiger partial charge in [-0.1, -0.05) is 20.3 Å². The van der Waals surface area contributed by atoms with Crippen LogP contribution in [-0.2, 0) is 19.9 Å². The predicted molar refractivity (Wildman–Crippen MR) is 84.3 cm³/mol. The Bertz CT molecular complexity index is 505. The average molecular weight is 338 g/mol. The maximum atomic E-state index is 9.71. The zero-order valence-electron chi connectivity index (χ0n) is 12.7. The van der Waals surface area contributed by atoms with Crippen LogP contribution >= 0.6 is 15.9 Å². The fraction of sp³-hybridized carbons (Fsp3) is 0.750. The van der Waals surface area contributed by atoms with Crippen LogP contribution in [0.25, 0.3) is 0 Å². The van der Waals surface area contributed by atoms with E-state index in [9.17, 15) is 5.26 Å². The van der Waals surface area contributed by atoms with E-state index in [0.717, 1.165) is 41.8 Å². The van der Waals surface area contributed by atoms with Crippen LogP contribution in [0.15, 0.2) is 4.47 Å². The lowest BCUT2D eigenvalue weighted by molar-refractivity contribution is 0.202. The number of aryl methyl sites for hydroxylation is 2. The zero-order chi connectivity index (χ0) is 14.8. The zero-order valence-corrected chi connectivity index (χ0v) is 14.3. The summed E-state index contributed by atoms with van der Waals surface area (Å²) in [6.45, 7) is 4.37. The van der Waals surface area contributed by atoms with Crippen molar-refractivity contribution in [2.75, 3.05) is 0 Å². The molecule has 3 nitrogen and oxygen atoms in total. The van der Waals surface area contributed by atoms with Gasteiger partial charge in [0.25, 0.3) is 0 Å². The van der Waals surface area contributed by atoms with Gasteiger partial charge < -0.3 is 0 Å². The Morgan fingerprint density at radius 3 is 2.50 bits per heavy atom. The Labute approximate surface area is 130 Å². The molecule has 1 aliphatic rings. The quantitative estimate of drug-likeness (QED) is 0.817. The van der Waals surface area contributed by atoms with Crippen molar-refractivity contribution in [2.24, 2.45) is 18.4 Å². The maximum absolute atomic E-state index is 9.71. The minimum Gasteiger partial charge on any atom is -0.271 e. The Hall–Kier alpha value is -0.820. The monoisotopic (exact) mass is 337 g/mol. The molecule has 1 aliphatic carbocycles. The van der Waals surface area contributed by atoms with Gasteiger partial charge in [0.2, 0.25) is 0 Å². The molecular weight excluding hydrogens is 314 g/mol. The Balaban J connectivity index is 2.20. The summed E-state index contributed by atoms with van der Waals surface area (Å²) in [4.78, 5) is 0. The number of rotatable bonds is 4. The predicted octanol–water partition coefficient (Wildman–Crippen LogP) is 4.40. The number of nitriles is 1. The third kappa shape index (κ3) is 2.93. The first-order valence-electron chi connectivity index (χ1n) is 7.66. The summed E-state index contributed by atoms with van der Waals surface area (Å²) in [5, 5.41) is 14.3. The van der Waals surface area contributed by atoms with Crippen molar-refractivity contribution < 1.29 is 0 Å². The van der Waals surface area contributed by atoms with Gasteiger partial charge in [0.05, 0.1) is 27.3 Å². The molecule has 20 heavy (non-hydrogen) atoms. The molecule has 1 heterocycles. The minimum atomic E-state index is -0.188. The first-order chi connectivity index (χ1) is 9.55. The number of hydrogen-bond acceptors (Lipinski definition) is 2. The molecule has 110 valence electrons. The van der Waals surface area contributed by atoms with Gasteiger partial charge >= 0.3 is 0 Å². The normalized spacial score (nSPS) is 26.4. The molecule has 1 aromatic heterocycles. The van der Waals surface area contributed by atoms with Crippen molar-refractivity contribution in [1.29, 1.82) is 5.26 Å². The lowest BCUT2D eigenvalue weighted by atomic mass is 9.68. The Kier molecular flexibility index (Phi) is 4.90. The SMILES string of the molecule is CCc1nn(C)c(CC2(C#N)CCC(CC)CC2)c1Br. The number of hydrogen-bond donors (Lipinski definition) is 0. The van der Waals surface area contributed by atoms with Gasteiger partial charge in [-0.05, 0) is 54.0 Å². The second kappa shape index (κ2) is 6.30. The van der Waals surface area contributed by atoms with E-state index in [1.54, 1.807) is 0 Å². The highest BCUT2D eigenvalue weighted by Crippen LogP contribution is 2.43. The van der Waals surface area contributed by atoms with Crippen molar-refractivity contribution >= 4 is 15.9 Å². The molecule has 0 aliphatic heterocycles. The molecule has 2 rings (SSSR count). The molecule has 0 bridgehead atoms. The van der Waals surface area contributed by atoms with Crippen molar-refractivity contribution in [3.05, 3.63) is 15.9 Å². The van der Waals surface area contributed by atoms with Gasteiger partial charge in [0.15, 0.2) is 0 Å². The minimum absolute atomic E-state index is 0.188. The van der Waals surface area contributed by atoms with E-state index in [1.165, 1.54) is 25.0 Å². The van der Waals surface area contributed by atoms with Gasteiger partial charge in [-0.25, -0.2) is 0 Å². The van der Waals surface area contributed by atoms with Crippen LogP contribution in [0, 0.1) is 22.7 Å². The molecule has 1 saturated carbocycles. The highest BCUT2D eigenvalue weighted by Gasteiger charge is 2.36. The van der Waals surface area contributed by atoms with Gasteiger partial charge in [-0.15, -0.1) is 0 Å². The number of aromatic nitrogens is 2. The number of nitrogens with zero attached hydrogens (tertiary/aromatic N) is 3. The summed E-state index contributed by atoms with van der Waals surface area (Å²) in [5.74, 6) is 0.817. The second-order valence-electron chi connectivity index (χ2n) is 6.11. The molecule has 0 saturated heterocycles. The van der Waals surface area contributed by atoms with Crippen LogP contribution in [0.1, 0.15) is 57.3 Å². The standard InChI is InChI=1S/C16H24BrN3/c1-4-12-6-8-16(11-18,9-7-12)10-14-15(17)13(5-2)19-20(14)3/h12H,4-10H2,1-3H3. The highest BCUT2D eigenvalue weighted by atomic mass is 79.9. The topological polar surface area (TPSA) is 41.6 Å². The molecule has 0 radical (unpaired) electrons. The first kappa shape index (κ1) is 15.6. The maximum Gasteiger partial charge on any atom is 0.0766 e. The van der Waals surface area contributed by atoms with Crippen LogP contribution < -0.4 is 0 Å². The van der Waals surface area contributed by atoms with Crippen LogP contribution in [0.3, 0.4) is 0 Å². The fourth-order valence-corrected chi connectivity index (χ4v) is 4.06. The molecule has 0 atom stereocenters. The van der Waals surface area contributed by atoms with Crippen molar-refractivity contribution in [3.63, 3.8) is 0 Å². The molecule has 0 N–H and O–H groups in total. The third-order valence-corrected chi connectivity index (χ3v) is 5.80. The Morgan fingerprint density at radius 1 is 1.40 bits per heavy atom. The van der Waals surface area contributed by atoms with Gasteiger partial charge in [-0.2, -0.15) is 10.4 Å². The van der Waals surface area contributed by atoms with Crippen molar-refractivity contribution in [2.45, 2.75) is 58.8 Å². The van der Waals surface area contributed by atoms with E-state index in [4.69, 9.17) is 0 Å². The molecule has 0 aromatic carbocycles. The molecule has 1 fully saturated rings. The van der Waals surface area contributed by atoms with Gasteiger partial charge in [0, 0.05) is 13.5 Å². The van der Waals surface area contributed by atoms with Crippen molar-refractivity contribution in [3.8, 4) is 6.07 Å². The second-order valence-corrected chi connectivity index (χ2v) is 6.90. The van der Waals surface area contributed by atoms with Crippen molar-refractivity contribution in [1.82, 2.24) is 9.78 Å². The van der Waals surface area contributed by atoms with E-state index in [0.29, 0.717) is 0 Å². The molecule has 0 unspecified atom stereocenters. The fourth-order valence-electron chi connectivity index (χ4n) is 3.30. The summed E-state index contributed by atoms with van der Waals surface area (Å²) in [5.41, 5.74) is 2.09. The summed E-state index contributed by atoms with van der Waals surface area (Å²) < 4.78 is 3.06. The summed E-state index contributed by atoms with van der Waals surface area (Å²) >= 11 is 3.68. The van der Waals surface area contributed by atoms with E-state index in [2.05, 4.69) is 40.9 Å². The summed E-state index contributed by atoms with van der Waals surface area (Å²) in [7, 11) is 1.99. The average Bonchev–Trinajstić information content (AvgIpc) is 2.75. The van der Waals surface area contributed by atoms with Crippen LogP contribution in [-0.4, -0.2) is 9.78 Å². The summed E-state index contributed by atoms with van der Waals surface area (Å²) in [6, 6.07) is 2.63. The van der Waals surface area contributed by atoms with Crippen LogP contribution in [0.5, 0.6) is 0 Å². The lowest BCUT2D eigenvalue weighted by Gasteiger charge is -2.34. The highest BCUT2D eigenvalue weighted by molar-refractivity contribution is 9.10. The van der Waals surface area contributed by atoms with E-state index < -0.39 is 0 Å². The van der Waals surface area contributed by atoms with Gasteiger partial charge in [0.1, 0.15) is 0 Å². The van der Waals surface area contributed by atoms with Gasteiger partial charge in [-0.3, -0.25) is 4.68 Å². The largest absolute Gasteiger partial charge is 0.271 e. The van der Waals surface area contributed by atoms with E-state index in [-0.39, 0.29) is 5.41 Å². The smallest absolute Gasteiger partial charge is 0.0766 e. The summed E-state index contributed by atoms with van der Waals surface area (Å²) in [6.07, 6.45) is 7.44. The third-order valence-electron chi connectivity index (χ3n) is 4.89. The lowest BCUT2D eigenvalue weighted by Crippen LogP contribution is -2.29. The van der Waals surface area contributed by atoms with Crippen LogP contribution in [0.2, 0.25) is 0 Å². The molecular formula is C16H24BrN3. The molecule has 1 aromatic rings. The number of halogens is 1. The van der Waals surface area contributed by atoms with E-state index >= 15 is 0 Å². The Morgan fingerprint density at radius 2 is 2.05 bits per heavy atom. The first-order valence-corrected chi connectivity index (χ1v) is 8.46.